The van der Waals surface area contributed by atoms with E-state index < -0.39 is 0 Å². The monoisotopic (exact) mass is 261 g/mol. The third kappa shape index (κ3) is 2.21. The zero-order valence-corrected chi connectivity index (χ0v) is 11.1. The summed E-state index contributed by atoms with van der Waals surface area (Å²) in [5, 5.41) is 4.47. The van der Waals surface area contributed by atoms with Gasteiger partial charge in [0.2, 0.25) is 0 Å². The molecule has 0 unspecified atom stereocenters. The van der Waals surface area contributed by atoms with E-state index >= 15 is 0 Å². The normalized spacial score (nSPS) is 10.4. The topological polar surface area (TPSA) is 40.7 Å². The molecule has 0 amide bonds. The van der Waals surface area contributed by atoms with E-state index in [1.54, 1.807) is 12.2 Å². The number of rotatable bonds is 4. The van der Waals surface area contributed by atoms with Crippen molar-refractivity contribution in [1.82, 2.24) is 9.97 Å². The van der Waals surface area contributed by atoms with Gasteiger partial charge in [-0.1, -0.05) is 19.2 Å². The summed E-state index contributed by atoms with van der Waals surface area (Å²) in [6.45, 7) is 7.55. The molecule has 2 aromatic heterocycles. The van der Waals surface area contributed by atoms with Crippen LogP contribution in [0.3, 0.4) is 0 Å². The second kappa shape index (κ2) is 5.05. The molecule has 0 atom stereocenters. The summed E-state index contributed by atoms with van der Waals surface area (Å²) in [6.07, 6.45) is 5.44. The van der Waals surface area contributed by atoms with Gasteiger partial charge in [0.05, 0.1) is 5.69 Å². The zero-order valence-electron chi connectivity index (χ0n) is 11.1. The molecule has 1 aromatic carbocycles. The molecule has 3 aromatic rings. The van der Waals surface area contributed by atoms with E-state index in [0.717, 1.165) is 28.3 Å². The SMILES string of the molecule is C=Cc1ccc(Nc2ccc3[nH]ccc3c2)nc1C=C. The highest BCUT2D eigenvalue weighted by Crippen LogP contribution is 2.22. The minimum atomic E-state index is 0.792. The summed E-state index contributed by atoms with van der Waals surface area (Å²) in [6, 6.07) is 12.1. The Morgan fingerprint density at radius 2 is 1.95 bits per heavy atom. The first-order valence-corrected chi connectivity index (χ1v) is 6.40. The minimum absolute atomic E-state index is 0.792. The van der Waals surface area contributed by atoms with Crippen molar-refractivity contribution in [2.24, 2.45) is 0 Å². The minimum Gasteiger partial charge on any atom is -0.361 e. The molecule has 98 valence electrons. The van der Waals surface area contributed by atoms with E-state index in [9.17, 15) is 0 Å². The first-order valence-electron chi connectivity index (χ1n) is 6.40. The molecule has 3 rings (SSSR count). The molecule has 3 nitrogen and oxygen atoms in total. The lowest BCUT2D eigenvalue weighted by molar-refractivity contribution is 1.27. The summed E-state index contributed by atoms with van der Waals surface area (Å²) in [5.41, 5.74) is 3.93. The van der Waals surface area contributed by atoms with Crippen LogP contribution in [0.2, 0.25) is 0 Å². The van der Waals surface area contributed by atoms with Crippen LogP contribution in [0.15, 0.2) is 55.8 Å². The maximum Gasteiger partial charge on any atom is 0.131 e. The number of anilines is 2. The van der Waals surface area contributed by atoms with Crippen molar-refractivity contribution < 1.29 is 0 Å². The van der Waals surface area contributed by atoms with Gasteiger partial charge < -0.3 is 10.3 Å². The summed E-state index contributed by atoms with van der Waals surface area (Å²) in [7, 11) is 0. The highest BCUT2D eigenvalue weighted by Gasteiger charge is 2.02. The lowest BCUT2D eigenvalue weighted by atomic mass is 10.2. The van der Waals surface area contributed by atoms with Crippen LogP contribution in [0.25, 0.3) is 23.1 Å². The van der Waals surface area contributed by atoms with Gasteiger partial charge in [-0.25, -0.2) is 4.98 Å². The quantitative estimate of drug-likeness (QED) is 0.721. The molecule has 0 aliphatic rings. The Kier molecular flexibility index (Phi) is 3.09. The Hall–Kier alpha value is -2.81. The Morgan fingerprint density at radius 1 is 1.05 bits per heavy atom. The van der Waals surface area contributed by atoms with Gasteiger partial charge in [-0.05, 0) is 48.0 Å². The van der Waals surface area contributed by atoms with Gasteiger partial charge >= 0.3 is 0 Å². The van der Waals surface area contributed by atoms with Crippen molar-refractivity contribution in [1.29, 1.82) is 0 Å². The maximum absolute atomic E-state index is 4.52. The lowest BCUT2D eigenvalue weighted by Crippen LogP contribution is -1.96. The number of benzene rings is 1. The van der Waals surface area contributed by atoms with Crippen molar-refractivity contribution in [3.63, 3.8) is 0 Å². The molecule has 0 fully saturated rings. The first kappa shape index (κ1) is 12.2. The van der Waals surface area contributed by atoms with Crippen LogP contribution in [0, 0.1) is 0 Å². The number of H-pyrrole nitrogens is 1. The summed E-state index contributed by atoms with van der Waals surface area (Å²) in [4.78, 5) is 7.69. The number of hydrogen-bond acceptors (Lipinski definition) is 2. The molecule has 0 aliphatic heterocycles. The largest absolute Gasteiger partial charge is 0.361 e. The van der Waals surface area contributed by atoms with Crippen LogP contribution in [0.5, 0.6) is 0 Å². The molecule has 0 aliphatic carbocycles. The number of aromatic nitrogens is 2. The summed E-state index contributed by atoms with van der Waals surface area (Å²) >= 11 is 0. The molecule has 2 heterocycles. The van der Waals surface area contributed by atoms with E-state index in [2.05, 4.69) is 34.5 Å². The number of nitrogens with one attached hydrogen (secondary N) is 2. The molecule has 3 heteroatoms. The van der Waals surface area contributed by atoms with Crippen LogP contribution in [0.4, 0.5) is 11.5 Å². The fraction of sp³-hybridized carbons (Fsp3) is 0. The highest BCUT2D eigenvalue weighted by molar-refractivity contribution is 5.83. The molecule has 0 saturated heterocycles. The van der Waals surface area contributed by atoms with E-state index in [4.69, 9.17) is 0 Å². The maximum atomic E-state index is 4.52. The Labute approximate surface area is 117 Å². The van der Waals surface area contributed by atoms with Crippen molar-refractivity contribution in [3.8, 4) is 0 Å². The third-order valence-electron chi connectivity index (χ3n) is 3.20. The summed E-state index contributed by atoms with van der Waals surface area (Å²) < 4.78 is 0. The fourth-order valence-corrected chi connectivity index (χ4v) is 2.17. The van der Waals surface area contributed by atoms with Crippen molar-refractivity contribution in [2.75, 3.05) is 5.32 Å². The number of pyridine rings is 1. The Morgan fingerprint density at radius 3 is 2.75 bits per heavy atom. The van der Waals surface area contributed by atoms with Gasteiger partial charge in [-0.3, -0.25) is 0 Å². The average molecular weight is 261 g/mol. The predicted molar refractivity (Wildman–Crippen MR) is 86.0 cm³/mol. The number of fused-ring (bicyclic) bond motifs is 1. The van der Waals surface area contributed by atoms with Gasteiger partial charge in [-0.15, -0.1) is 0 Å². The standard InChI is InChI=1S/C17H15N3/c1-3-12-5-8-17(20-15(12)4-2)19-14-6-7-16-13(11-14)9-10-18-16/h3-11,18H,1-2H2,(H,19,20). The lowest BCUT2D eigenvalue weighted by Gasteiger charge is -2.08. The molecule has 2 N–H and O–H groups in total. The smallest absolute Gasteiger partial charge is 0.131 e. The first-order chi connectivity index (χ1) is 9.80. The average Bonchev–Trinajstić information content (AvgIpc) is 2.94. The van der Waals surface area contributed by atoms with E-state index in [0.29, 0.717) is 0 Å². The van der Waals surface area contributed by atoms with Gasteiger partial charge in [-0.2, -0.15) is 0 Å². The Bertz CT molecular complexity index is 784. The number of aromatic amines is 1. The molecule has 0 bridgehead atoms. The van der Waals surface area contributed by atoms with E-state index in [1.807, 2.05) is 36.5 Å². The van der Waals surface area contributed by atoms with Crippen LogP contribution in [0.1, 0.15) is 11.3 Å². The number of hydrogen-bond donors (Lipinski definition) is 2. The Balaban J connectivity index is 1.93. The fourth-order valence-electron chi connectivity index (χ4n) is 2.17. The molecule has 20 heavy (non-hydrogen) atoms. The van der Waals surface area contributed by atoms with Gasteiger partial charge in [0, 0.05) is 22.8 Å². The molecular weight excluding hydrogens is 246 g/mol. The number of nitrogens with zero attached hydrogens (tertiary/aromatic N) is 1. The van der Waals surface area contributed by atoms with Gasteiger partial charge in [0.15, 0.2) is 0 Å². The van der Waals surface area contributed by atoms with Crippen LogP contribution >= 0.6 is 0 Å². The highest BCUT2D eigenvalue weighted by atomic mass is 15.0. The molecule has 0 saturated carbocycles. The van der Waals surface area contributed by atoms with Gasteiger partial charge in [0.25, 0.3) is 0 Å². The van der Waals surface area contributed by atoms with Crippen LogP contribution in [-0.2, 0) is 0 Å². The molecule has 0 radical (unpaired) electrons. The van der Waals surface area contributed by atoms with Crippen LogP contribution in [-0.4, -0.2) is 9.97 Å². The molecule has 0 spiro atoms. The van der Waals surface area contributed by atoms with Crippen molar-refractivity contribution in [2.45, 2.75) is 0 Å². The molecular formula is C17H15N3. The van der Waals surface area contributed by atoms with Crippen molar-refractivity contribution >= 4 is 34.6 Å². The second-order valence-electron chi connectivity index (χ2n) is 4.48. The van der Waals surface area contributed by atoms with Crippen LogP contribution < -0.4 is 5.32 Å². The van der Waals surface area contributed by atoms with Gasteiger partial charge in [0.1, 0.15) is 5.82 Å². The van der Waals surface area contributed by atoms with E-state index in [-0.39, 0.29) is 0 Å². The third-order valence-corrected chi connectivity index (χ3v) is 3.20. The van der Waals surface area contributed by atoms with Crippen molar-refractivity contribution in [3.05, 3.63) is 67.0 Å². The second-order valence-corrected chi connectivity index (χ2v) is 4.48. The predicted octanol–water partition coefficient (Wildman–Crippen LogP) is 4.59. The zero-order chi connectivity index (χ0) is 13.9. The van der Waals surface area contributed by atoms with E-state index in [1.165, 1.54) is 5.39 Å². The summed E-state index contributed by atoms with van der Waals surface area (Å²) in [5.74, 6) is 0.792.